The van der Waals surface area contributed by atoms with Crippen LogP contribution in [-0.2, 0) is 55.5 Å². The Hall–Kier alpha value is -3.29. The van der Waals surface area contributed by atoms with Crippen molar-refractivity contribution in [1.29, 1.82) is 0 Å². The molecule has 2 aromatic rings. The van der Waals surface area contributed by atoms with E-state index in [2.05, 4.69) is 53.5 Å². The number of nitrogens with one attached hydrogen (secondary N) is 2. The monoisotopic (exact) mass is 1040 g/mol. The van der Waals surface area contributed by atoms with E-state index in [9.17, 15) is 62.7 Å². The number of hydrogen-bond donors (Lipinski definition) is 9. The van der Waals surface area contributed by atoms with E-state index in [1.165, 1.54) is 19.9 Å². The minimum Gasteiger partial charge on any atom is -0.386 e. The number of Topliss-reactive ketones (excluding diaryl/α,β-unsaturated/α-hetero) is 1. The lowest BCUT2D eigenvalue weighted by atomic mass is 9.87. The zero-order valence-electron chi connectivity index (χ0n) is 37.8. The SMILES string of the molecule is CC/C=C\CC1C(=O)CCC1CCCCC/C=C/C(=O)SCCNC(=O)CCNC(=O)[C@H](O)C(C)(C)COP(=O)(O)OP(=O)(O)OC[C@H]1O[C@@H](n2cnc3c(N)ncnc32)[C@H](O)[C@@H]1OP(=O)(O)O. The number of phosphoric acid groups is 3. The van der Waals surface area contributed by atoms with Crippen LogP contribution < -0.4 is 16.4 Å². The summed E-state index contributed by atoms with van der Waals surface area (Å²) in [6.07, 6.45) is 8.88. The standard InChI is InChI=1S/C39H62N7O18P3S/c1-4-5-9-13-26-25(15-16-27(26)47)12-10-7-6-8-11-14-30(49)68-20-19-41-29(48)17-18-42-37(52)34(51)39(2,3)22-61-67(58,59)64-66(56,57)60-21-28-33(63-65(53,54)55)32(50)38(62-28)46-24-45-31-35(40)43-23-44-36(31)46/h5,9,11,14,23-26,28,32-34,38,50-51H,4,6-8,10,12-13,15-22H2,1-3H3,(H,41,48)(H,42,52)(H,56,57)(H,58,59)(H2,40,43,44)(H2,53,54,55)/b9-5-,14-11+/t25?,26?,28-,32-,33-,34+,38-/m1/s1. The number of aromatic nitrogens is 4. The van der Waals surface area contributed by atoms with Gasteiger partial charge in [0.15, 0.2) is 17.7 Å². The molecule has 0 bridgehead atoms. The van der Waals surface area contributed by atoms with Crippen LogP contribution in [0.4, 0.5) is 5.82 Å². The Balaban J connectivity index is 1.11. The summed E-state index contributed by atoms with van der Waals surface area (Å²) in [7, 11) is -16.4. The van der Waals surface area contributed by atoms with Crippen molar-refractivity contribution in [3.05, 3.63) is 37.0 Å². The molecular formula is C39H62N7O18P3S. The van der Waals surface area contributed by atoms with Crippen LogP contribution >= 0.6 is 35.2 Å². The molecule has 29 heteroatoms. The number of allylic oxidation sites excluding steroid dienone is 3. The summed E-state index contributed by atoms with van der Waals surface area (Å²) >= 11 is 1.04. The van der Waals surface area contributed by atoms with Crippen LogP contribution in [0.5, 0.6) is 0 Å². The molecule has 0 radical (unpaired) electrons. The smallest absolute Gasteiger partial charge is 0.386 e. The number of carbonyl (C=O) groups is 4. The van der Waals surface area contributed by atoms with Crippen LogP contribution in [0, 0.1) is 17.3 Å². The van der Waals surface area contributed by atoms with Gasteiger partial charge in [0, 0.05) is 43.0 Å². The molecule has 2 aliphatic rings. The van der Waals surface area contributed by atoms with Gasteiger partial charge in [-0.25, -0.2) is 28.6 Å². The number of amides is 2. The lowest BCUT2D eigenvalue weighted by Crippen LogP contribution is -2.46. The Morgan fingerprint density at radius 2 is 1.76 bits per heavy atom. The zero-order valence-corrected chi connectivity index (χ0v) is 41.3. The van der Waals surface area contributed by atoms with E-state index >= 15 is 0 Å². The third-order valence-electron chi connectivity index (χ3n) is 11.0. The van der Waals surface area contributed by atoms with E-state index in [4.69, 9.17) is 19.5 Å². The Bertz CT molecular complexity index is 2240. The fourth-order valence-electron chi connectivity index (χ4n) is 7.41. The van der Waals surface area contributed by atoms with Gasteiger partial charge >= 0.3 is 23.5 Å². The molecule has 2 fully saturated rings. The van der Waals surface area contributed by atoms with Gasteiger partial charge in [0.05, 0.1) is 19.5 Å². The van der Waals surface area contributed by atoms with Crippen molar-refractivity contribution in [2.24, 2.45) is 17.3 Å². The first kappa shape index (κ1) is 57.3. The highest BCUT2D eigenvalue weighted by atomic mass is 32.2. The molecule has 68 heavy (non-hydrogen) atoms. The van der Waals surface area contributed by atoms with Crippen LogP contribution in [0.15, 0.2) is 37.0 Å². The number of fused-ring (bicyclic) bond motifs is 1. The summed E-state index contributed by atoms with van der Waals surface area (Å²) in [4.78, 5) is 101. The minimum atomic E-state index is -5.59. The molecular weight excluding hydrogens is 979 g/mol. The van der Waals surface area contributed by atoms with Gasteiger partial charge in [-0.05, 0) is 50.5 Å². The number of nitrogens with two attached hydrogens (primary N) is 1. The van der Waals surface area contributed by atoms with Crippen molar-refractivity contribution in [2.75, 3.05) is 37.8 Å². The number of imidazole rings is 1. The summed E-state index contributed by atoms with van der Waals surface area (Å²) < 4.78 is 62.4. The summed E-state index contributed by atoms with van der Waals surface area (Å²) in [5.74, 6) is -0.180. The lowest BCUT2D eigenvalue weighted by molar-refractivity contribution is -0.137. The molecule has 1 aliphatic heterocycles. The number of nitrogen functional groups attached to an aromatic ring is 1. The molecule has 3 heterocycles. The number of nitrogens with zero attached hydrogens (tertiary/aromatic N) is 4. The molecule has 382 valence electrons. The van der Waals surface area contributed by atoms with E-state index in [-0.39, 0.29) is 47.5 Å². The van der Waals surface area contributed by atoms with E-state index in [0.29, 0.717) is 23.9 Å². The van der Waals surface area contributed by atoms with Gasteiger partial charge < -0.3 is 50.9 Å². The van der Waals surface area contributed by atoms with Gasteiger partial charge in [-0.3, -0.25) is 37.3 Å². The van der Waals surface area contributed by atoms with Gasteiger partial charge in [0.25, 0.3) is 0 Å². The number of rotatable bonds is 29. The normalized spacial score (nSPS) is 23.6. The van der Waals surface area contributed by atoms with E-state index in [0.717, 1.165) is 80.4 Å². The van der Waals surface area contributed by atoms with Crippen molar-refractivity contribution in [3.8, 4) is 0 Å². The Kier molecular flexibility index (Phi) is 22.1. The maximum absolute atomic E-state index is 12.7. The number of anilines is 1. The van der Waals surface area contributed by atoms with Gasteiger partial charge in [-0.1, -0.05) is 63.6 Å². The molecule has 2 aromatic heterocycles. The largest absolute Gasteiger partial charge is 0.481 e. The number of carbonyl (C=O) groups excluding carboxylic acids is 4. The first-order valence-corrected chi connectivity index (χ1v) is 27.3. The molecule has 4 rings (SSSR count). The summed E-state index contributed by atoms with van der Waals surface area (Å²) in [5.41, 5.74) is 4.26. The highest BCUT2D eigenvalue weighted by Gasteiger charge is 2.50. The number of unbranched alkanes of at least 4 members (excludes halogenated alkanes) is 3. The summed E-state index contributed by atoms with van der Waals surface area (Å²) in [6, 6.07) is 0. The van der Waals surface area contributed by atoms with Gasteiger partial charge in [-0.2, -0.15) is 4.31 Å². The number of aliphatic hydroxyl groups is 2. The second-order valence-corrected chi connectivity index (χ2v) is 22.1. The molecule has 0 aromatic carbocycles. The average Bonchev–Trinajstić information content (AvgIpc) is 3.94. The Morgan fingerprint density at radius 3 is 2.49 bits per heavy atom. The molecule has 2 amide bonds. The van der Waals surface area contributed by atoms with Gasteiger partial charge in [-0.15, -0.1) is 0 Å². The fourth-order valence-corrected chi connectivity index (χ4v) is 10.8. The van der Waals surface area contributed by atoms with Crippen molar-refractivity contribution in [3.63, 3.8) is 0 Å². The molecule has 9 atom stereocenters. The van der Waals surface area contributed by atoms with Gasteiger partial charge in [0.1, 0.15) is 42.0 Å². The van der Waals surface area contributed by atoms with Crippen LogP contribution in [0.1, 0.15) is 91.2 Å². The fraction of sp³-hybridized carbons (Fsp3) is 0.667. The maximum Gasteiger partial charge on any atom is 0.481 e. The highest BCUT2D eigenvalue weighted by Crippen LogP contribution is 2.61. The number of phosphoric ester groups is 3. The number of ether oxygens (including phenoxy) is 1. The molecule has 1 aliphatic carbocycles. The average molecular weight is 1040 g/mol. The minimum absolute atomic E-state index is 0.0276. The summed E-state index contributed by atoms with van der Waals surface area (Å²) in [6.45, 7) is 2.52. The highest BCUT2D eigenvalue weighted by molar-refractivity contribution is 8.14. The topological polar surface area (TPSA) is 381 Å². The van der Waals surface area contributed by atoms with Crippen LogP contribution in [-0.4, -0.2) is 128 Å². The van der Waals surface area contributed by atoms with Crippen molar-refractivity contribution < 1.29 is 85.3 Å². The molecule has 25 nitrogen and oxygen atoms in total. The second-order valence-electron chi connectivity index (χ2n) is 16.8. The van der Waals surface area contributed by atoms with E-state index in [1.807, 2.05) is 6.08 Å². The first-order chi connectivity index (χ1) is 31.9. The van der Waals surface area contributed by atoms with Crippen molar-refractivity contribution >= 4 is 74.9 Å². The molecule has 0 spiro atoms. The van der Waals surface area contributed by atoms with E-state index < -0.39 is 84.6 Å². The molecule has 4 unspecified atom stereocenters. The predicted molar refractivity (Wildman–Crippen MR) is 245 cm³/mol. The third kappa shape index (κ3) is 18.1. The Morgan fingerprint density at radius 1 is 1.03 bits per heavy atom. The number of ketones is 1. The number of thioether (sulfide) groups is 1. The third-order valence-corrected chi connectivity index (χ3v) is 14.9. The number of hydrogen-bond acceptors (Lipinski definition) is 19. The van der Waals surface area contributed by atoms with Crippen LogP contribution in [0.25, 0.3) is 11.2 Å². The van der Waals surface area contributed by atoms with Crippen LogP contribution in [0.3, 0.4) is 0 Å². The zero-order chi connectivity index (χ0) is 50.3. The summed E-state index contributed by atoms with van der Waals surface area (Å²) in [5, 5.41) is 26.4. The van der Waals surface area contributed by atoms with Crippen molar-refractivity contribution in [1.82, 2.24) is 30.2 Å². The quantitative estimate of drug-likeness (QED) is 0.0244. The first-order valence-electron chi connectivity index (χ1n) is 21.8. The van der Waals surface area contributed by atoms with E-state index in [1.54, 1.807) is 0 Å². The Labute approximate surface area is 396 Å². The lowest BCUT2D eigenvalue weighted by Gasteiger charge is -2.30. The van der Waals surface area contributed by atoms with Crippen molar-refractivity contribution in [2.45, 2.75) is 116 Å². The molecule has 1 saturated heterocycles. The number of aliphatic hydroxyl groups excluding tert-OH is 2. The van der Waals surface area contributed by atoms with Gasteiger partial charge in [0.2, 0.25) is 16.9 Å². The maximum atomic E-state index is 12.7. The van der Waals surface area contributed by atoms with Crippen LogP contribution in [0.2, 0.25) is 0 Å². The second kappa shape index (κ2) is 26.2. The molecule has 1 saturated carbocycles. The predicted octanol–water partition coefficient (Wildman–Crippen LogP) is 3.12. The molecule has 10 N–H and O–H groups in total.